The van der Waals surface area contributed by atoms with Gasteiger partial charge >= 0.3 is 11.9 Å². The van der Waals surface area contributed by atoms with Crippen LogP contribution in [0.3, 0.4) is 0 Å². The molecule has 0 heterocycles. The summed E-state index contributed by atoms with van der Waals surface area (Å²) in [7, 11) is 3.07. The van der Waals surface area contributed by atoms with E-state index in [0.29, 0.717) is 66.2 Å². The molecule has 8 nitrogen and oxygen atoms in total. The molecule has 4 rings (SSSR count). The summed E-state index contributed by atoms with van der Waals surface area (Å²) in [6.45, 7) is 7.81. The molecule has 0 aliphatic rings. The van der Waals surface area contributed by atoms with E-state index in [4.69, 9.17) is 42.1 Å². The number of benzene rings is 4. The van der Waals surface area contributed by atoms with Gasteiger partial charge in [-0.2, -0.15) is 0 Å². The minimum Gasteiger partial charge on any atom is -0.496 e. The van der Waals surface area contributed by atoms with Crippen molar-refractivity contribution >= 4 is 59.1 Å². The molecule has 4 aromatic carbocycles. The van der Waals surface area contributed by atoms with Crippen molar-refractivity contribution in [1.29, 1.82) is 0 Å². The molecule has 0 aliphatic heterocycles. The van der Waals surface area contributed by atoms with Crippen molar-refractivity contribution in [3.05, 3.63) is 119 Å². The van der Waals surface area contributed by atoms with Crippen molar-refractivity contribution in [2.24, 2.45) is 0 Å². The number of para-hydroxylation sites is 2. The van der Waals surface area contributed by atoms with E-state index in [1.807, 2.05) is 36.4 Å². The van der Waals surface area contributed by atoms with Gasteiger partial charge in [0.25, 0.3) is 0 Å². The largest absolute Gasteiger partial charge is 0.496 e. The molecular formula is C38H32Cl2O8S. The van der Waals surface area contributed by atoms with Gasteiger partial charge in [-0.15, -0.1) is 0 Å². The zero-order valence-corrected chi connectivity index (χ0v) is 28.9. The predicted molar refractivity (Wildman–Crippen MR) is 196 cm³/mol. The maximum absolute atomic E-state index is 11.5. The van der Waals surface area contributed by atoms with Crippen LogP contribution in [0.25, 0.3) is 34.4 Å². The Morgan fingerprint density at radius 3 is 1.43 bits per heavy atom. The fourth-order valence-corrected chi connectivity index (χ4v) is 6.85. The smallest absolute Gasteiger partial charge is 0.328 e. The van der Waals surface area contributed by atoms with Crippen LogP contribution in [-0.4, -0.2) is 49.6 Å². The van der Waals surface area contributed by atoms with Crippen molar-refractivity contribution in [2.75, 3.05) is 27.4 Å². The lowest BCUT2D eigenvalue weighted by molar-refractivity contribution is -0.132. The average Bonchev–Trinajstić information content (AvgIpc) is 3.10. The van der Waals surface area contributed by atoms with Crippen molar-refractivity contribution in [3.8, 4) is 45.3 Å². The Morgan fingerprint density at radius 1 is 0.694 bits per heavy atom. The van der Waals surface area contributed by atoms with E-state index in [9.17, 15) is 19.8 Å². The fraction of sp³-hybridized carbons (Fsp3) is 0.105. The Labute approximate surface area is 298 Å². The molecule has 0 amide bonds. The van der Waals surface area contributed by atoms with Gasteiger partial charge in [0.15, 0.2) is 0 Å². The number of ether oxygens (including phenoxy) is 4. The van der Waals surface area contributed by atoms with Crippen LogP contribution >= 0.6 is 35.0 Å². The zero-order valence-electron chi connectivity index (χ0n) is 26.6. The van der Waals surface area contributed by atoms with Crippen LogP contribution in [-0.2, 0) is 9.59 Å². The number of hydrogen-bond acceptors (Lipinski definition) is 7. The highest BCUT2D eigenvalue weighted by Gasteiger charge is 2.28. The first-order valence-electron chi connectivity index (χ1n) is 14.6. The molecule has 0 spiro atoms. The van der Waals surface area contributed by atoms with E-state index >= 15 is 0 Å². The molecule has 0 radical (unpaired) electrons. The molecule has 49 heavy (non-hydrogen) atoms. The third kappa shape index (κ3) is 8.69. The van der Waals surface area contributed by atoms with Crippen LogP contribution in [0.2, 0.25) is 10.0 Å². The number of aliphatic carboxylic acids is 2. The lowest BCUT2D eigenvalue weighted by Crippen LogP contribution is -2.02. The summed E-state index contributed by atoms with van der Waals surface area (Å²) >= 11 is 15.5. The molecule has 4 aromatic rings. The van der Waals surface area contributed by atoms with E-state index < -0.39 is 11.9 Å². The second-order valence-electron chi connectivity index (χ2n) is 10.0. The molecule has 0 saturated carbocycles. The Morgan fingerprint density at radius 2 is 1.08 bits per heavy atom. The molecule has 0 unspecified atom stereocenters. The Kier molecular flexibility index (Phi) is 13.0. The van der Waals surface area contributed by atoms with Crippen LogP contribution in [0.5, 0.6) is 23.0 Å². The van der Waals surface area contributed by atoms with Gasteiger partial charge in [-0.25, -0.2) is 9.59 Å². The molecule has 0 saturated heterocycles. The Hall–Kier alpha value is -5.09. The number of halogens is 2. The molecule has 0 bridgehead atoms. The van der Waals surface area contributed by atoms with E-state index in [-0.39, 0.29) is 23.3 Å². The second kappa shape index (κ2) is 17.3. The molecule has 0 atom stereocenters. The van der Waals surface area contributed by atoms with Crippen molar-refractivity contribution < 1.29 is 38.7 Å². The molecule has 11 heteroatoms. The summed E-state index contributed by atoms with van der Waals surface area (Å²) < 4.78 is 23.9. The molecule has 0 aromatic heterocycles. The highest BCUT2D eigenvalue weighted by atomic mass is 35.5. The monoisotopic (exact) mass is 718 g/mol. The average molecular weight is 720 g/mol. The summed E-state index contributed by atoms with van der Waals surface area (Å²) in [6.07, 6.45) is 7.91. The number of carbonyl (C=O) groups is 2. The third-order valence-electron chi connectivity index (χ3n) is 6.90. The van der Waals surface area contributed by atoms with E-state index in [2.05, 4.69) is 13.2 Å². The van der Waals surface area contributed by atoms with Crippen molar-refractivity contribution in [2.45, 2.75) is 9.79 Å². The topological polar surface area (TPSA) is 112 Å². The van der Waals surface area contributed by atoms with Gasteiger partial charge in [-0.05, 0) is 47.5 Å². The number of carboxylic acids is 2. The molecular weight excluding hydrogens is 687 g/mol. The van der Waals surface area contributed by atoms with Gasteiger partial charge in [0.05, 0.1) is 34.1 Å². The quantitative estimate of drug-likeness (QED) is 0.0864. The molecule has 0 aliphatic carbocycles. The van der Waals surface area contributed by atoms with Crippen molar-refractivity contribution in [3.63, 3.8) is 0 Å². The summed E-state index contributed by atoms with van der Waals surface area (Å²) in [5, 5.41) is 19.3. The minimum atomic E-state index is -1.15. The third-order valence-corrected chi connectivity index (χ3v) is 8.94. The highest BCUT2D eigenvalue weighted by Crippen LogP contribution is 2.55. The summed E-state index contributed by atoms with van der Waals surface area (Å²) in [5.41, 5.74) is 2.95. The van der Waals surface area contributed by atoms with Crippen LogP contribution in [0, 0.1) is 0 Å². The van der Waals surface area contributed by atoms with Gasteiger partial charge in [0.1, 0.15) is 36.2 Å². The summed E-state index contributed by atoms with van der Waals surface area (Å²) in [6, 6.07) is 17.8. The van der Waals surface area contributed by atoms with Gasteiger partial charge < -0.3 is 29.2 Å². The fourth-order valence-electron chi connectivity index (χ4n) is 4.84. The number of carboxylic acid groups (broad SMARTS) is 2. The first-order valence-corrected chi connectivity index (χ1v) is 16.2. The van der Waals surface area contributed by atoms with Gasteiger partial charge in [-0.1, -0.05) is 96.7 Å². The van der Waals surface area contributed by atoms with Crippen molar-refractivity contribution in [1.82, 2.24) is 0 Å². The SMILES string of the molecule is C=CCOc1cc(C=CC(=O)O)c(Cl)c(-c2ccccc2OC)c1Sc1c(OCC=C)cc(C=CC(=O)O)c(Cl)c1-c1ccccc1OC. The minimum absolute atomic E-state index is 0.113. The molecule has 2 N–H and O–H groups in total. The zero-order chi connectivity index (χ0) is 35.5. The summed E-state index contributed by atoms with van der Waals surface area (Å²) in [4.78, 5) is 24.1. The maximum Gasteiger partial charge on any atom is 0.328 e. The van der Waals surface area contributed by atoms with Crippen LogP contribution < -0.4 is 18.9 Å². The lowest BCUT2D eigenvalue weighted by Gasteiger charge is -2.23. The number of methoxy groups -OCH3 is 2. The van der Waals surface area contributed by atoms with Gasteiger partial charge in [0, 0.05) is 34.4 Å². The standard InChI is InChI=1S/C38H32Cl2O8S/c1-5-19-47-29-21-23(15-17-31(41)42)35(39)33(25-11-7-9-13-27(25)45-3)37(29)49-38-30(48-20-6-2)22-24(16-18-32(43)44)36(40)34(38)26-12-8-10-14-28(26)46-4/h5-18,21-22H,1-2,19-20H2,3-4H3,(H,41,42)(H,43,44). The predicted octanol–water partition coefficient (Wildman–Crippen LogP) is 9.82. The summed E-state index contributed by atoms with van der Waals surface area (Å²) in [5.74, 6) is -0.599. The lowest BCUT2D eigenvalue weighted by atomic mass is 10.00. The normalized spacial score (nSPS) is 11.0. The first-order chi connectivity index (χ1) is 23.6. The van der Waals surface area contributed by atoms with Gasteiger partial charge in [0.2, 0.25) is 0 Å². The Balaban J connectivity index is 2.19. The number of rotatable bonds is 16. The van der Waals surface area contributed by atoms with Crippen LogP contribution in [0.15, 0.2) is 108 Å². The van der Waals surface area contributed by atoms with E-state index in [0.717, 1.165) is 12.2 Å². The number of hydrogen-bond donors (Lipinski definition) is 2. The first kappa shape index (κ1) is 36.7. The molecule has 0 fully saturated rings. The second-order valence-corrected chi connectivity index (χ2v) is 11.8. The van der Waals surface area contributed by atoms with Gasteiger partial charge in [-0.3, -0.25) is 0 Å². The van der Waals surface area contributed by atoms with E-state index in [1.165, 1.54) is 38.1 Å². The van der Waals surface area contributed by atoms with Crippen LogP contribution in [0.1, 0.15) is 11.1 Å². The molecule has 252 valence electrons. The maximum atomic E-state index is 11.5. The van der Waals surface area contributed by atoms with E-state index in [1.54, 1.807) is 36.4 Å². The highest BCUT2D eigenvalue weighted by molar-refractivity contribution is 7.99. The Bertz CT molecular complexity index is 1810. The van der Waals surface area contributed by atoms with Crippen LogP contribution in [0.4, 0.5) is 0 Å².